The highest BCUT2D eigenvalue weighted by Gasteiger charge is 2.29. The summed E-state index contributed by atoms with van der Waals surface area (Å²) in [5, 5.41) is 9.33. The lowest BCUT2D eigenvalue weighted by Gasteiger charge is -2.34. The second-order valence-corrected chi connectivity index (χ2v) is 8.84. The number of hydrogen-bond donors (Lipinski definition) is 1. The lowest BCUT2D eigenvalue weighted by molar-refractivity contribution is -0.0509. The molecule has 1 saturated heterocycles. The van der Waals surface area contributed by atoms with Gasteiger partial charge in [-0.1, -0.05) is 5.16 Å². The molecule has 1 aliphatic rings. The first-order valence-electron chi connectivity index (χ1n) is 9.80. The molecule has 0 saturated carbocycles. The van der Waals surface area contributed by atoms with E-state index >= 15 is 0 Å². The van der Waals surface area contributed by atoms with Crippen molar-refractivity contribution in [2.75, 3.05) is 13.1 Å². The molecule has 10 heteroatoms. The highest BCUT2D eigenvalue weighted by molar-refractivity contribution is 7.97. The average Bonchev–Trinajstić information content (AvgIpc) is 3.17. The van der Waals surface area contributed by atoms with E-state index in [2.05, 4.69) is 10.1 Å². The molecule has 2 N–H and O–H groups in total. The summed E-state index contributed by atoms with van der Waals surface area (Å²) in [6.45, 7) is 8.49. The van der Waals surface area contributed by atoms with Crippen molar-refractivity contribution in [1.29, 1.82) is 0 Å². The van der Waals surface area contributed by atoms with Crippen molar-refractivity contribution in [3.05, 3.63) is 29.9 Å². The summed E-state index contributed by atoms with van der Waals surface area (Å²) in [6, 6.07) is 4.58. The standard InChI is InChI=1S/C20H27FN4O4S/c1-12(27-14-7-9-25(10-8-14)19(26)28-20(2,3)4)18-23-17(24-29-18)13-5-6-16(30-22)15(21)11-13/h5-6,11-12,14H,7-10,22H2,1-4H3/t12-/m1/s1. The molecule has 0 radical (unpaired) electrons. The van der Waals surface area contributed by atoms with Crippen LogP contribution in [0.1, 0.15) is 52.5 Å². The lowest BCUT2D eigenvalue weighted by atomic mass is 10.1. The first-order chi connectivity index (χ1) is 14.2. The van der Waals surface area contributed by atoms with Crippen molar-refractivity contribution in [2.24, 2.45) is 5.14 Å². The number of halogens is 1. The summed E-state index contributed by atoms with van der Waals surface area (Å²) < 4.78 is 30.7. The van der Waals surface area contributed by atoms with Gasteiger partial charge in [-0.05, 0) is 70.7 Å². The van der Waals surface area contributed by atoms with Gasteiger partial charge in [-0.15, -0.1) is 0 Å². The summed E-state index contributed by atoms with van der Waals surface area (Å²) in [5.41, 5.74) is -0.0146. The largest absolute Gasteiger partial charge is 0.444 e. The second-order valence-electron chi connectivity index (χ2n) is 8.16. The van der Waals surface area contributed by atoms with Crippen LogP contribution in [0.15, 0.2) is 27.6 Å². The maximum Gasteiger partial charge on any atom is 0.410 e. The molecule has 2 aromatic rings. The molecule has 1 aliphatic heterocycles. The Labute approximate surface area is 179 Å². The van der Waals surface area contributed by atoms with Crippen LogP contribution in [0.4, 0.5) is 9.18 Å². The van der Waals surface area contributed by atoms with Crippen LogP contribution >= 0.6 is 11.9 Å². The number of nitrogens with zero attached hydrogens (tertiary/aromatic N) is 3. The summed E-state index contributed by atoms with van der Waals surface area (Å²) in [7, 11) is 0. The van der Waals surface area contributed by atoms with Crippen LogP contribution < -0.4 is 5.14 Å². The SMILES string of the molecule is C[C@@H](OC1CCN(C(=O)OC(C)(C)C)CC1)c1nc(-c2ccc(SN)c(F)c2)no1. The Morgan fingerprint density at radius 3 is 2.67 bits per heavy atom. The van der Waals surface area contributed by atoms with Gasteiger partial charge in [0.1, 0.15) is 17.5 Å². The van der Waals surface area contributed by atoms with Gasteiger partial charge in [0.05, 0.1) is 11.0 Å². The predicted octanol–water partition coefficient (Wildman–Crippen LogP) is 4.32. The molecule has 0 bridgehead atoms. The Morgan fingerprint density at radius 1 is 1.37 bits per heavy atom. The van der Waals surface area contributed by atoms with E-state index in [1.165, 1.54) is 6.07 Å². The van der Waals surface area contributed by atoms with Crippen LogP contribution in [-0.2, 0) is 9.47 Å². The molecule has 8 nitrogen and oxygen atoms in total. The van der Waals surface area contributed by atoms with E-state index in [0.29, 0.717) is 42.3 Å². The molecule has 0 aliphatic carbocycles. The fourth-order valence-electron chi connectivity index (χ4n) is 3.10. The van der Waals surface area contributed by atoms with Crippen molar-refractivity contribution >= 4 is 18.0 Å². The van der Waals surface area contributed by atoms with Crippen LogP contribution in [0.25, 0.3) is 11.4 Å². The van der Waals surface area contributed by atoms with Crippen LogP contribution in [-0.4, -0.2) is 45.9 Å². The minimum Gasteiger partial charge on any atom is -0.444 e. The number of carbonyl (C=O) groups is 1. The number of piperidine rings is 1. The summed E-state index contributed by atoms with van der Waals surface area (Å²) in [6.07, 6.45) is 0.615. The molecule has 164 valence electrons. The number of nitrogens with two attached hydrogens (primary N) is 1. The Morgan fingerprint density at radius 2 is 2.07 bits per heavy atom. The smallest absolute Gasteiger partial charge is 0.410 e. The molecule has 1 fully saturated rings. The van der Waals surface area contributed by atoms with Gasteiger partial charge in [0, 0.05) is 18.7 Å². The molecule has 1 atom stereocenters. The van der Waals surface area contributed by atoms with E-state index in [4.69, 9.17) is 19.1 Å². The number of benzene rings is 1. The third-order valence-electron chi connectivity index (χ3n) is 4.60. The molecule has 1 aromatic heterocycles. The fraction of sp³-hybridized carbons (Fsp3) is 0.550. The molecule has 0 unspecified atom stereocenters. The van der Waals surface area contributed by atoms with E-state index in [0.717, 1.165) is 11.9 Å². The molecule has 1 amide bonds. The molecule has 1 aromatic carbocycles. The monoisotopic (exact) mass is 438 g/mol. The van der Waals surface area contributed by atoms with Gasteiger partial charge in [0.2, 0.25) is 5.82 Å². The minimum absolute atomic E-state index is 0.0349. The zero-order valence-corrected chi connectivity index (χ0v) is 18.4. The van der Waals surface area contributed by atoms with Gasteiger partial charge < -0.3 is 18.9 Å². The normalized spacial score (nSPS) is 16.5. The van der Waals surface area contributed by atoms with Gasteiger partial charge in [-0.2, -0.15) is 4.98 Å². The van der Waals surface area contributed by atoms with Gasteiger partial charge in [0.25, 0.3) is 5.89 Å². The Balaban J connectivity index is 1.54. The van der Waals surface area contributed by atoms with Crippen LogP contribution in [0.3, 0.4) is 0 Å². The van der Waals surface area contributed by atoms with Crippen LogP contribution in [0.5, 0.6) is 0 Å². The highest BCUT2D eigenvalue weighted by atomic mass is 32.2. The van der Waals surface area contributed by atoms with E-state index in [-0.39, 0.29) is 18.0 Å². The van der Waals surface area contributed by atoms with Crippen molar-refractivity contribution in [3.8, 4) is 11.4 Å². The summed E-state index contributed by atoms with van der Waals surface area (Å²) in [5.74, 6) is 0.164. The first kappa shape index (κ1) is 22.5. The van der Waals surface area contributed by atoms with Crippen molar-refractivity contribution in [1.82, 2.24) is 15.0 Å². The molecule has 3 rings (SSSR count). The second kappa shape index (κ2) is 9.32. The zero-order valence-electron chi connectivity index (χ0n) is 17.6. The Bertz CT molecular complexity index is 878. The molecule has 2 heterocycles. The number of likely N-dealkylation sites (tertiary alicyclic amines) is 1. The summed E-state index contributed by atoms with van der Waals surface area (Å²) >= 11 is 0.842. The molecular formula is C20H27FN4O4S. The predicted molar refractivity (Wildman–Crippen MR) is 110 cm³/mol. The van der Waals surface area contributed by atoms with Crippen molar-refractivity contribution in [3.63, 3.8) is 0 Å². The highest BCUT2D eigenvalue weighted by Crippen LogP contribution is 2.27. The topological polar surface area (TPSA) is 104 Å². The zero-order chi connectivity index (χ0) is 21.9. The number of amides is 1. The molecular weight excluding hydrogens is 411 g/mol. The van der Waals surface area contributed by atoms with E-state index < -0.39 is 17.5 Å². The Kier molecular flexibility index (Phi) is 6.99. The van der Waals surface area contributed by atoms with Crippen molar-refractivity contribution in [2.45, 2.75) is 63.2 Å². The van der Waals surface area contributed by atoms with E-state index in [9.17, 15) is 9.18 Å². The average molecular weight is 439 g/mol. The number of rotatable bonds is 5. The van der Waals surface area contributed by atoms with E-state index in [1.807, 2.05) is 27.7 Å². The van der Waals surface area contributed by atoms with Crippen molar-refractivity contribution < 1.29 is 23.2 Å². The van der Waals surface area contributed by atoms with Gasteiger partial charge in [-0.25, -0.2) is 9.18 Å². The van der Waals surface area contributed by atoms with Crippen LogP contribution in [0, 0.1) is 5.82 Å². The number of ether oxygens (including phenoxy) is 2. The third-order valence-corrected chi connectivity index (χ3v) is 5.18. The maximum absolute atomic E-state index is 13.9. The Hall–Kier alpha value is -2.17. The number of aromatic nitrogens is 2. The quantitative estimate of drug-likeness (QED) is 0.689. The fourth-order valence-corrected chi connectivity index (χ4v) is 3.42. The molecule has 0 spiro atoms. The maximum atomic E-state index is 13.9. The first-order valence-corrected chi connectivity index (χ1v) is 10.7. The minimum atomic E-state index is -0.513. The van der Waals surface area contributed by atoms with Crippen LogP contribution in [0.2, 0.25) is 0 Å². The van der Waals surface area contributed by atoms with E-state index in [1.54, 1.807) is 17.0 Å². The molecule has 30 heavy (non-hydrogen) atoms. The van der Waals surface area contributed by atoms with Gasteiger partial charge in [0.15, 0.2) is 0 Å². The third kappa shape index (κ3) is 5.71. The lowest BCUT2D eigenvalue weighted by Crippen LogP contribution is -2.43. The number of hydrogen-bond acceptors (Lipinski definition) is 8. The number of carbonyl (C=O) groups excluding carboxylic acids is 1. The van der Waals surface area contributed by atoms with Gasteiger partial charge in [-0.3, -0.25) is 5.14 Å². The summed E-state index contributed by atoms with van der Waals surface area (Å²) in [4.78, 5) is 18.5. The van der Waals surface area contributed by atoms with Gasteiger partial charge >= 0.3 is 6.09 Å².